The van der Waals surface area contributed by atoms with Crippen LogP contribution in [0.25, 0.3) is 0 Å². The third-order valence-corrected chi connectivity index (χ3v) is 3.46. The van der Waals surface area contributed by atoms with Gasteiger partial charge in [0.2, 0.25) is 5.91 Å². The van der Waals surface area contributed by atoms with Gasteiger partial charge in [-0.2, -0.15) is 5.10 Å². The highest BCUT2D eigenvalue weighted by Crippen LogP contribution is 2.23. The van der Waals surface area contributed by atoms with Crippen molar-refractivity contribution in [1.82, 2.24) is 14.7 Å². The van der Waals surface area contributed by atoms with Gasteiger partial charge in [0.15, 0.2) is 0 Å². The van der Waals surface area contributed by atoms with Gasteiger partial charge in [0.05, 0.1) is 11.9 Å². The van der Waals surface area contributed by atoms with Crippen molar-refractivity contribution in [2.24, 2.45) is 0 Å². The summed E-state index contributed by atoms with van der Waals surface area (Å²) < 4.78 is 1.30. The van der Waals surface area contributed by atoms with Crippen molar-refractivity contribution in [3.63, 3.8) is 0 Å². The van der Waals surface area contributed by atoms with Crippen LogP contribution in [0.3, 0.4) is 0 Å². The standard InChI is InChI=1S/C13H20N4O2/c1-9(2)16-6-5-11(13(16)19)17-12(18)7-10(8-14-17)15(3)4/h7-9,11H,5-6H2,1-4H3. The lowest BCUT2D eigenvalue weighted by atomic mass is 10.2. The summed E-state index contributed by atoms with van der Waals surface area (Å²) in [5, 5.41) is 4.14. The molecule has 0 aromatic carbocycles. The van der Waals surface area contributed by atoms with Crippen molar-refractivity contribution in [2.75, 3.05) is 25.5 Å². The van der Waals surface area contributed by atoms with E-state index in [1.54, 1.807) is 11.1 Å². The number of rotatable bonds is 3. The number of aromatic nitrogens is 2. The van der Waals surface area contributed by atoms with Gasteiger partial charge in [-0.05, 0) is 20.3 Å². The Bertz CT molecular complexity index is 536. The third-order valence-electron chi connectivity index (χ3n) is 3.46. The third kappa shape index (κ3) is 2.47. The molecule has 2 heterocycles. The summed E-state index contributed by atoms with van der Waals surface area (Å²) in [5.41, 5.74) is 0.516. The molecule has 1 amide bonds. The van der Waals surface area contributed by atoms with Gasteiger partial charge in [0.25, 0.3) is 5.56 Å². The van der Waals surface area contributed by atoms with E-state index in [9.17, 15) is 9.59 Å². The summed E-state index contributed by atoms with van der Waals surface area (Å²) >= 11 is 0. The van der Waals surface area contributed by atoms with E-state index in [0.29, 0.717) is 13.0 Å². The molecular formula is C13H20N4O2. The minimum Gasteiger partial charge on any atom is -0.376 e. The number of amides is 1. The van der Waals surface area contributed by atoms with Gasteiger partial charge < -0.3 is 9.80 Å². The fourth-order valence-corrected chi connectivity index (χ4v) is 2.31. The lowest BCUT2D eigenvalue weighted by Gasteiger charge is -2.21. The molecule has 104 valence electrons. The predicted octanol–water partition coefficient (Wildman–Crippen LogP) is 0.491. The summed E-state index contributed by atoms with van der Waals surface area (Å²) in [6.07, 6.45) is 2.26. The molecule has 0 spiro atoms. The number of carbonyl (C=O) groups excluding carboxylic acids is 1. The summed E-state index contributed by atoms with van der Waals surface area (Å²) in [5.74, 6) is -0.0118. The zero-order chi connectivity index (χ0) is 14.2. The van der Waals surface area contributed by atoms with Crippen LogP contribution in [0.4, 0.5) is 5.69 Å². The fourth-order valence-electron chi connectivity index (χ4n) is 2.31. The molecule has 0 saturated carbocycles. The monoisotopic (exact) mass is 264 g/mol. The van der Waals surface area contributed by atoms with E-state index < -0.39 is 6.04 Å². The van der Waals surface area contributed by atoms with Crippen molar-refractivity contribution >= 4 is 11.6 Å². The van der Waals surface area contributed by atoms with E-state index >= 15 is 0 Å². The molecule has 1 aliphatic rings. The highest BCUT2D eigenvalue weighted by atomic mass is 16.2. The molecule has 2 rings (SSSR count). The number of nitrogens with zero attached hydrogens (tertiary/aromatic N) is 4. The van der Waals surface area contributed by atoms with Crippen molar-refractivity contribution < 1.29 is 4.79 Å². The highest BCUT2D eigenvalue weighted by molar-refractivity contribution is 5.82. The van der Waals surface area contributed by atoms with Crippen molar-refractivity contribution in [2.45, 2.75) is 32.4 Å². The van der Waals surface area contributed by atoms with E-state index in [-0.39, 0.29) is 17.5 Å². The number of hydrogen-bond acceptors (Lipinski definition) is 4. The van der Waals surface area contributed by atoms with Crippen LogP contribution in [0.5, 0.6) is 0 Å². The van der Waals surface area contributed by atoms with Crippen LogP contribution in [0, 0.1) is 0 Å². The maximum absolute atomic E-state index is 12.2. The molecule has 1 aromatic rings. The topological polar surface area (TPSA) is 58.4 Å². The lowest BCUT2D eigenvalue weighted by molar-refractivity contribution is -0.132. The second-order valence-corrected chi connectivity index (χ2v) is 5.32. The number of likely N-dealkylation sites (tertiary alicyclic amines) is 1. The Balaban J connectivity index is 2.29. The zero-order valence-corrected chi connectivity index (χ0v) is 11.8. The first-order valence-corrected chi connectivity index (χ1v) is 6.48. The van der Waals surface area contributed by atoms with Crippen molar-refractivity contribution in [1.29, 1.82) is 0 Å². The van der Waals surface area contributed by atoms with Gasteiger partial charge in [-0.3, -0.25) is 9.59 Å². The molecule has 0 aliphatic carbocycles. The van der Waals surface area contributed by atoms with E-state index in [1.165, 1.54) is 10.7 Å². The summed E-state index contributed by atoms with van der Waals surface area (Å²) in [7, 11) is 3.70. The van der Waals surface area contributed by atoms with E-state index in [2.05, 4.69) is 5.10 Å². The zero-order valence-electron chi connectivity index (χ0n) is 11.8. The average molecular weight is 264 g/mol. The summed E-state index contributed by atoms with van der Waals surface area (Å²) in [4.78, 5) is 27.9. The second-order valence-electron chi connectivity index (χ2n) is 5.32. The van der Waals surface area contributed by atoms with Gasteiger partial charge in [-0.1, -0.05) is 0 Å². The van der Waals surface area contributed by atoms with Gasteiger partial charge in [0, 0.05) is 32.7 Å². The van der Waals surface area contributed by atoms with Crippen molar-refractivity contribution in [3.05, 3.63) is 22.6 Å². The van der Waals surface area contributed by atoms with Gasteiger partial charge in [0.1, 0.15) is 6.04 Å². The summed E-state index contributed by atoms with van der Waals surface area (Å²) in [6.45, 7) is 4.64. The molecule has 19 heavy (non-hydrogen) atoms. The molecule has 0 bridgehead atoms. The van der Waals surface area contributed by atoms with Crippen LogP contribution in [-0.2, 0) is 4.79 Å². The minimum atomic E-state index is -0.453. The SMILES string of the molecule is CC(C)N1CCC(n2ncc(N(C)C)cc2=O)C1=O. The van der Waals surface area contributed by atoms with Gasteiger partial charge in [-0.25, -0.2) is 4.68 Å². The molecule has 1 aliphatic heterocycles. The van der Waals surface area contributed by atoms with Crippen LogP contribution in [0.2, 0.25) is 0 Å². The Kier molecular flexibility index (Phi) is 3.59. The van der Waals surface area contributed by atoms with E-state index in [4.69, 9.17) is 0 Å². The summed E-state index contributed by atoms with van der Waals surface area (Å²) in [6, 6.07) is 1.22. The first kappa shape index (κ1) is 13.6. The number of hydrogen-bond donors (Lipinski definition) is 0. The predicted molar refractivity (Wildman–Crippen MR) is 73.3 cm³/mol. The molecule has 6 nitrogen and oxygen atoms in total. The first-order valence-electron chi connectivity index (χ1n) is 6.48. The Morgan fingerprint density at radius 1 is 1.37 bits per heavy atom. The molecule has 1 unspecified atom stereocenters. The molecule has 1 atom stereocenters. The maximum atomic E-state index is 12.2. The first-order chi connectivity index (χ1) is 8.91. The number of anilines is 1. The quantitative estimate of drug-likeness (QED) is 0.797. The van der Waals surface area contributed by atoms with E-state index in [1.807, 2.05) is 32.8 Å². The highest BCUT2D eigenvalue weighted by Gasteiger charge is 2.35. The lowest BCUT2D eigenvalue weighted by Crippen LogP contribution is -2.37. The normalized spacial score (nSPS) is 19.3. The molecule has 1 fully saturated rings. The van der Waals surface area contributed by atoms with E-state index in [0.717, 1.165) is 5.69 Å². The van der Waals surface area contributed by atoms with Crippen LogP contribution in [0.15, 0.2) is 17.1 Å². The average Bonchev–Trinajstić information content (AvgIpc) is 2.71. The number of carbonyl (C=O) groups is 1. The second kappa shape index (κ2) is 5.03. The molecule has 1 saturated heterocycles. The Morgan fingerprint density at radius 3 is 2.53 bits per heavy atom. The van der Waals surface area contributed by atoms with Crippen LogP contribution >= 0.6 is 0 Å². The van der Waals surface area contributed by atoms with Gasteiger partial charge in [-0.15, -0.1) is 0 Å². The van der Waals surface area contributed by atoms with Crippen LogP contribution < -0.4 is 10.5 Å². The molecule has 1 aromatic heterocycles. The minimum absolute atomic E-state index is 0.0118. The fraction of sp³-hybridized carbons (Fsp3) is 0.615. The smallest absolute Gasteiger partial charge is 0.269 e. The molecule has 6 heteroatoms. The maximum Gasteiger partial charge on any atom is 0.269 e. The Labute approximate surface area is 112 Å². The molecule has 0 radical (unpaired) electrons. The Hall–Kier alpha value is -1.85. The van der Waals surface area contributed by atoms with Crippen LogP contribution in [0.1, 0.15) is 26.3 Å². The Morgan fingerprint density at radius 2 is 2.05 bits per heavy atom. The van der Waals surface area contributed by atoms with Gasteiger partial charge >= 0.3 is 0 Å². The molecule has 0 N–H and O–H groups in total. The van der Waals surface area contributed by atoms with Crippen LogP contribution in [-0.4, -0.2) is 47.3 Å². The van der Waals surface area contributed by atoms with Crippen molar-refractivity contribution in [3.8, 4) is 0 Å². The molecular weight excluding hydrogens is 244 g/mol. The largest absolute Gasteiger partial charge is 0.376 e.